The number of hydrogen-bond donors (Lipinski definition) is 1. The average molecular weight is 232 g/mol. The second-order valence-corrected chi connectivity index (χ2v) is 3.37. The van der Waals surface area contributed by atoms with Crippen LogP contribution in [0.4, 0.5) is 0 Å². The van der Waals surface area contributed by atoms with Crippen molar-refractivity contribution in [1.29, 1.82) is 0 Å². The number of H-pyrrole nitrogens is 1. The van der Waals surface area contributed by atoms with E-state index in [0.29, 0.717) is 17.1 Å². The maximum absolute atomic E-state index is 11.3. The number of aromatic amines is 1. The van der Waals surface area contributed by atoms with Gasteiger partial charge in [0, 0.05) is 11.6 Å². The molecule has 1 heterocycles. The van der Waals surface area contributed by atoms with Crippen LogP contribution in [0.15, 0.2) is 35.3 Å². The number of nitrogens with zero attached hydrogens (tertiary/aromatic N) is 1. The fraction of sp³-hybridized carbons (Fsp3) is 0.167. The van der Waals surface area contributed by atoms with Gasteiger partial charge in [-0.2, -0.15) is 5.10 Å². The quantitative estimate of drug-likeness (QED) is 0.870. The summed E-state index contributed by atoms with van der Waals surface area (Å²) in [5.41, 5.74) is 1.11. The third-order valence-corrected chi connectivity index (χ3v) is 2.38. The van der Waals surface area contributed by atoms with Crippen molar-refractivity contribution >= 4 is 0 Å². The molecule has 0 atom stereocenters. The Morgan fingerprint density at radius 1 is 1.18 bits per heavy atom. The lowest BCUT2D eigenvalue weighted by atomic mass is 10.1. The Balaban J connectivity index is 2.68. The smallest absolute Gasteiger partial charge is 0.264 e. The molecule has 0 radical (unpaired) electrons. The van der Waals surface area contributed by atoms with Gasteiger partial charge in [-0.25, -0.2) is 5.10 Å². The fourth-order valence-corrected chi connectivity index (χ4v) is 1.65. The van der Waals surface area contributed by atoms with E-state index in [1.807, 2.05) is 6.07 Å². The maximum Gasteiger partial charge on any atom is 0.264 e. The van der Waals surface area contributed by atoms with E-state index in [2.05, 4.69) is 10.2 Å². The minimum atomic E-state index is -0.268. The molecule has 0 aliphatic heterocycles. The third-order valence-electron chi connectivity index (χ3n) is 2.38. The van der Waals surface area contributed by atoms with Crippen LogP contribution in [0.25, 0.3) is 11.1 Å². The number of hydrogen-bond acceptors (Lipinski definition) is 4. The molecule has 0 saturated heterocycles. The van der Waals surface area contributed by atoms with Crippen LogP contribution in [0.5, 0.6) is 11.5 Å². The summed E-state index contributed by atoms with van der Waals surface area (Å²) in [6.07, 6.45) is 1.56. The van der Waals surface area contributed by atoms with E-state index < -0.39 is 0 Å². The number of benzene rings is 1. The molecule has 0 unspecified atom stereocenters. The van der Waals surface area contributed by atoms with Crippen LogP contribution >= 0.6 is 0 Å². The number of ether oxygens (including phenoxy) is 2. The van der Waals surface area contributed by atoms with Crippen LogP contribution in [-0.2, 0) is 0 Å². The van der Waals surface area contributed by atoms with Gasteiger partial charge in [0.2, 0.25) is 0 Å². The van der Waals surface area contributed by atoms with Crippen molar-refractivity contribution in [3.63, 3.8) is 0 Å². The molecule has 88 valence electrons. The van der Waals surface area contributed by atoms with Gasteiger partial charge in [0.05, 0.1) is 26.0 Å². The molecule has 2 rings (SSSR count). The van der Waals surface area contributed by atoms with Gasteiger partial charge >= 0.3 is 0 Å². The summed E-state index contributed by atoms with van der Waals surface area (Å²) in [6.45, 7) is 0. The molecular weight excluding hydrogens is 220 g/mol. The monoisotopic (exact) mass is 232 g/mol. The second kappa shape index (κ2) is 4.69. The highest BCUT2D eigenvalue weighted by Crippen LogP contribution is 2.36. The fourth-order valence-electron chi connectivity index (χ4n) is 1.65. The average Bonchev–Trinajstić information content (AvgIpc) is 2.37. The van der Waals surface area contributed by atoms with Crippen molar-refractivity contribution in [2.45, 2.75) is 0 Å². The van der Waals surface area contributed by atoms with Crippen LogP contribution in [0.1, 0.15) is 0 Å². The molecule has 5 heteroatoms. The highest BCUT2D eigenvalue weighted by Gasteiger charge is 2.12. The molecule has 0 aliphatic rings. The molecule has 17 heavy (non-hydrogen) atoms. The summed E-state index contributed by atoms with van der Waals surface area (Å²) in [7, 11) is 3.14. The summed E-state index contributed by atoms with van der Waals surface area (Å²) < 4.78 is 10.5. The topological polar surface area (TPSA) is 64.2 Å². The van der Waals surface area contributed by atoms with Crippen LogP contribution in [0, 0.1) is 0 Å². The van der Waals surface area contributed by atoms with E-state index >= 15 is 0 Å². The first-order valence-corrected chi connectivity index (χ1v) is 5.02. The summed E-state index contributed by atoms with van der Waals surface area (Å²) in [6, 6.07) is 6.88. The number of nitrogens with one attached hydrogen (secondary N) is 1. The standard InChI is InChI=1S/C12H12N2O3/c1-16-9-4-3-5-10(17-2)12(9)8-6-11(15)14-13-7-8/h3-7H,1-2H3,(H,14,15). The maximum atomic E-state index is 11.3. The van der Waals surface area contributed by atoms with E-state index in [4.69, 9.17) is 9.47 Å². The molecular formula is C12H12N2O3. The molecule has 5 nitrogen and oxygen atoms in total. The predicted molar refractivity (Wildman–Crippen MR) is 63.4 cm³/mol. The molecule has 0 bridgehead atoms. The van der Waals surface area contributed by atoms with E-state index in [1.54, 1.807) is 32.5 Å². The lowest BCUT2D eigenvalue weighted by molar-refractivity contribution is 0.397. The zero-order valence-electron chi connectivity index (χ0n) is 9.56. The lowest BCUT2D eigenvalue weighted by Crippen LogP contribution is -2.06. The summed E-state index contributed by atoms with van der Waals surface area (Å²) in [4.78, 5) is 11.3. The largest absolute Gasteiger partial charge is 0.496 e. The lowest BCUT2D eigenvalue weighted by Gasteiger charge is -2.12. The Labute approximate surface area is 98.0 Å². The highest BCUT2D eigenvalue weighted by atomic mass is 16.5. The van der Waals surface area contributed by atoms with Gasteiger partial charge in [0.15, 0.2) is 0 Å². The van der Waals surface area contributed by atoms with Gasteiger partial charge in [0.1, 0.15) is 11.5 Å². The molecule has 0 fully saturated rings. The second-order valence-electron chi connectivity index (χ2n) is 3.37. The highest BCUT2D eigenvalue weighted by molar-refractivity contribution is 5.76. The number of aromatic nitrogens is 2. The SMILES string of the molecule is COc1cccc(OC)c1-c1cn[nH]c(=O)c1. The van der Waals surface area contributed by atoms with Crippen LogP contribution in [-0.4, -0.2) is 24.4 Å². The first kappa shape index (κ1) is 11.2. The van der Waals surface area contributed by atoms with Crippen LogP contribution < -0.4 is 15.0 Å². The van der Waals surface area contributed by atoms with E-state index in [0.717, 1.165) is 5.56 Å². The van der Waals surface area contributed by atoms with Crippen molar-refractivity contribution in [2.24, 2.45) is 0 Å². The first-order valence-electron chi connectivity index (χ1n) is 5.02. The van der Waals surface area contributed by atoms with E-state index in [9.17, 15) is 4.79 Å². The molecule has 1 aromatic heterocycles. The van der Waals surface area contributed by atoms with Gasteiger partial charge < -0.3 is 9.47 Å². The molecule has 0 saturated carbocycles. The van der Waals surface area contributed by atoms with Crippen molar-refractivity contribution < 1.29 is 9.47 Å². The third kappa shape index (κ3) is 2.13. The Morgan fingerprint density at radius 2 is 1.82 bits per heavy atom. The predicted octanol–water partition coefficient (Wildman–Crippen LogP) is 1.45. The van der Waals surface area contributed by atoms with Gasteiger partial charge in [-0.15, -0.1) is 0 Å². The number of rotatable bonds is 3. The zero-order chi connectivity index (χ0) is 12.3. The summed E-state index contributed by atoms with van der Waals surface area (Å²) >= 11 is 0. The van der Waals surface area contributed by atoms with Crippen molar-refractivity contribution in [2.75, 3.05) is 14.2 Å². The molecule has 2 aromatic rings. The minimum Gasteiger partial charge on any atom is -0.496 e. The zero-order valence-corrected chi connectivity index (χ0v) is 9.56. The Kier molecular flexibility index (Phi) is 3.09. The summed E-state index contributed by atoms with van der Waals surface area (Å²) in [5, 5.41) is 6.09. The van der Waals surface area contributed by atoms with E-state index in [1.165, 1.54) is 6.07 Å². The van der Waals surface area contributed by atoms with Crippen molar-refractivity contribution in [3.05, 3.63) is 40.8 Å². The minimum absolute atomic E-state index is 0.268. The van der Waals surface area contributed by atoms with E-state index in [-0.39, 0.29) is 5.56 Å². The van der Waals surface area contributed by atoms with Gasteiger partial charge in [0.25, 0.3) is 5.56 Å². The van der Waals surface area contributed by atoms with Gasteiger partial charge in [-0.3, -0.25) is 4.79 Å². The first-order chi connectivity index (χ1) is 8.26. The molecule has 0 aliphatic carbocycles. The normalized spacial score (nSPS) is 10.0. The molecule has 1 aromatic carbocycles. The molecule has 1 N–H and O–H groups in total. The molecule has 0 spiro atoms. The van der Waals surface area contributed by atoms with Crippen LogP contribution in [0.2, 0.25) is 0 Å². The van der Waals surface area contributed by atoms with Crippen LogP contribution in [0.3, 0.4) is 0 Å². The Morgan fingerprint density at radius 3 is 2.35 bits per heavy atom. The van der Waals surface area contributed by atoms with Crippen molar-refractivity contribution in [1.82, 2.24) is 10.2 Å². The number of methoxy groups -OCH3 is 2. The van der Waals surface area contributed by atoms with Gasteiger partial charge in [-0.05, 0) is 12.1 Å². The Bertz CT molecular complexity index is 556. The summed E-state index contributed by atoms with van der Waals surface area (Å²) in [5.74, 6) is 1.27. The van der Waals surface area contributed by atoms with Gasteiger partial charge in [-0.1, -0.05) is 6.07 Å². The molecule has 0 amide bonds. The Hall–Kier alpha value is -2.30. The van der Waals surface area contributed by atoms with Crippen molar-refractivity contribution in [3.8, 4) is 22.6 Å².